The minimum Gasteiger partial charge on any atom is -0.393 e. The highest BCUT2D eigenvalue weighted by atomic mass is 19.1. The van der Waals surface area contributed by atoms with Crippen LogP contribution in [-0.2, 0) is 25.7 Å². The zero-order valence-corrected chi connectivity index (χ0v) is 18.7. The van der Waals surface area contributed by atoms with Crippen molar-refractivity contribution in [2.24, 2.45) is 5.16 Å². The van der Waals surface area contributed by atoms with E-state index in [2.05, 4.69) is 20.0 Å². The average molecular weight is 445 g/mol. The van der Waals surface area contributed by atoms with E-state index in [1.165, 1.54) is 0 Å². The predicted molar refractivity (Wildman–Crippen MR) is 118 cm³/mol. The highest BCUT2D eigenvalue weighted by molar-refractivity contribution is 5.86. The lowest BCUT2D eigenvalue weighted by Gasteiger charge is -2.27. The summed E-state index contributed by atoms with van der Waals surface area (Å²) in [5.74, 6) is -0.232. The summed E-state index contributed by atoms with van der Waals surface area (Å²) in [6.45, 7) is 6.38. The SMILES string of the molecule is COCc1cccc(-c2cnc(N3CCC(=NOCC4COC(C)(C)O4)CC3)nc2)c1F. The molecular weight excluding hydrogens is 415 g/mol. The number of piperidine rings is 1. The molecule has 2 aromatic rings. The summed E-state index contributed by atoms with van der Waals surface area (Å²) in [6, 6.07) is 5.24. The maximum absolute atomic E-state index is 14.7. The molecule has 32 heavy (non-hydrogen) atoms. The molecule has 0 aliphatic carbocycles. The summed E-state index contributed by atoms with van der Waals surface area (Å²) < 4.78 is 31.0. The molecule has 8 nitrogen and oxygen atoms in total. The van der Waals surface area contributed by atoms with Gasteiger partial charge in [0.2, 0.25) is 5.95 Å². The van der Waals surface area contributed by atoms with E-state index in [0.29, 0.717) is 35.9 Å². The van der Waals surface area contributed by atoms with Gasteiger partial charge in [0.25, 0.3) is 0 Å². The van der Waals surface area contributed by atoms with Gasteiger partial charge in [0.05, 0.1) is 18.9 Å². The Morgan fingerprint density at radius 3 is 2.62 bits per heavy atom. The molecular formula is C23H29FN4O4. The van der Waals surface area contributed by atoms with Crippen molar-refractivity contribution in [2.45, 2.75) is 45.2 Å². The normalized spacial score (nSPS) is 20.4. The second-order valence-electron chi connectivity index (χ2n) is 8.37. The fraction of sp³-hybridized carbons (Fsp3) is 0.522. The minimum absolute atomic E-state index is 0.0959. The van der Waals surface area contributed by atoms with Crippen LogP contribution in [0.5, 0.6) is 0 Å². The van der Waals surface area contributed by atoms with Gasteiger partial charge < -0.3 is 23.9 Å². The van der Waals surface area contributed by atoms with Gasteiger partial charge in [-0.15, -0.1) is 0 Å². The van der Waals surface area contributed by atoms with Crippen LogP contribution in [0.2, 0.25) is 0 Å². The standard InChI is InChI=1S/C23H29FN4O4/c1-23(2)30-14-19(32-23)15-31-27-18-7-9-28(10-8-18)22-25-11-17(12-26-22)20-6-4-5-16(13-29-3)21(20)24/h4-6,11-12,19H,7-10,13-15H2,1-3H3. The number of anilines is 1. The number of oxime groups is 1. The van der Waals surface area contributed by atoms with Crippen molar-refractivity contribution in [2.75, 3.05) is 38.3 Å². The first kappa shape index (κ1) is 22.6. The van der Waals surface area contributed by atoms with Gasteiger partial charge >= 0.3 is 0 Å². The molecule has 3 heterocycles. The van der Waals surface area contributed by atoms with Gasteiger partial charge in [-0.1, -0.05) is 23.4 Å². The molecule has 0 amide bonds. The lowest BCUT2D eigenvalue weighted by Crippen LogP contribution is -2.35. The van der Waals surface area contributed by atoms with Gasteiger partial charge in [-0.3, -0.25) is 0 Å². The Hall–Kier alpha value is -2.62. The van der Waals surface area contributed by atoms with Crippen LogP contribution >= 0.6 is 0 Å². The molecule has 0 saturated carbocycles. The van der Waals surface area contributed by atoms with Crippen LogP contribution < -0.4 is 4.90 Å². The summed E-state index contributed by atoms with van der Waals surface area (Å²) in [5.41, 5.74) is 2.62. The molecule has 1 unspecified atom stereocenters. The number of benzene rings is 1. The first-order valence-corrected chi connectivity index (χ1v) is 10.8. The Morgan fingerprint density at radius 2 is 1.97 bits per heavy atom. The van der Waals surface area contributed by atoms with Gasteiger partial charge in [-0.25, -0.2) is 14.4 Å². The fourth-order valence-corrected chi connectivity index (χ4v) is 3.81. The van der Waals surface area contributed by atoms with Crippen molar-refractivity contribution < 1.29 is 23.4 Å². The third-order valence-electron chi connectivity index (χ3n) is 5.47. The number of nitrogens with zero attached hydrogens (tertiary/aromatic N) is 4. The van der Waals surface area contributed by atoms with E-state index in [1.807, 2.05) is 13.8 Å². The lowest BCUT2D eigenvalue weighted by molar-refractivity contribution is -0.145. The number of ether oxygens (including phenoxy) is 3. The van der Waals surface area contributed by atoms with E-state index in [9.17, 15) is 4.39 Å². The lowest BCUT2D eigenvalue weighted by atomic mass is 10.1. The minimum atomic E-state index is -0.555. The van der Waals surface area contributed by atoms with E-state index < -0.39 is 5.79 Å². The Morgan fingerprint density at radius 1 is 1.22 bits per heavy atom. The van der Waals surface area contributed by atoms with Gasteiger partial charge in [-0.05, 0) is 13.8 Å². The van der Waals surface area contributed by atoms with Crippen LogP contribution in [-0.4, -0.2) is 61.0 Å². The Labute approximate surface area is 187 Å². The van der Waals surface area contributed by atoms with Crippen LogP contribution in [0.15, 0.2) is 35.7 Å². The summed E-state index contributed by atoms with van der Waals surface area (Å²) in [5, 5.41) is 4.27. The largest absolute Gasteiger partial charge is 0.393 e. The Bertz CT molecular complexity index is 942. The zero-order chi connectivity index (χ0) is 22.6. The summed E-state index contributed by atoms with van der Waals surface area (Å²) in [4.78, 5) is 16.5. The van der Waals surface area contributed by atoms with Crippen LogP contribution in [0.1, 0.15) is 32.3 Å². The molecule has 2 aliphatic rings. The van der Waals surface area contributed by atoms with Crippen molar-refractivity contribution in [3.8, 4) is 11.1 Å². The van der Waals surface area contributed by atoms with Gasteiger partial charge in [0.15, 0.2) is 5.79 Å². The van der Waals surface area contributed by atoms with Crippen molar-refractivity contribution in [1.82, 2.24) is 9.97 Å². The molecule has 2 saturated heterocycles. The van der Waals surface area contributed by atoms with E-state index >= 15 is 0 Å². The highest BCUT2D eigenvalue weighted by Crippen LogP contribution is 2.26. The topological polar surface area (TPSA) is 78.3 Å². The molecule has 1 aromatic carbocycles. The number of halogens is 1. The molecule has 4 rings (SSSR count). The van der Waals surface area contributed by atoms with E-state index in [-0.39, 0.29) is 18.5 Å². The summed E-state index contributed by atoms with van der Waals surface area (Å²) >= 11 is 0. The van der Waals surface area contributed by atoms with Crippen LogP contribution in [0.4, 0.5) is 10.3 Å². The van der Waals surface area contributed by atoms with E-state index in [4.69, 9.17) is 19.0 Å². The van der Waals surface area contributed by atoms with Crippen molar-refractivity contribution in [3.63, 3.8) is 0 Å². The first-order chi connectivity index (χ1) is 15.4. The molecule has 2 fully saturated rings. The third kappa shape index (κ3) is 5.40. The molecule has 0 bridgehead atoms. The third-order valence-corrected chi connectivity index (χ3v) is 5.47. The van der Waals surface area contributed by atoms with Gasteiger partial charge in [0.1, 0.15) is 18.5 Å². The maximum atomic E-state index is 14.7. The number of rotatable bonds is 7. The molecule has 0 spiro atoms. The molecule has 9 heteroatoms. The molecule has 2 aliphatic heterocycles. The quantitative estimate of drug-likeness (QED) is 0.605. The summed E-state index contributed by atoms with van der Waals surface area (Å²) in [7, 11) is 1.55. The predicted octanol–water partition coefficient (Wildman–Crippen LogP) is 3.55. The van der Waals surface area contributed by atoms with E-state index in [0.717, 1.165) is 31.6 Å². The van der Waals surface area contributed by atoms with Crippen LogP contribution in [0.3, 0.4) is 0 Å². The smallest absolute Gasteiger partial charge is 0.225 e. The Kier molecular flexibility index (Phi) is 6.98. The molecule has 0 radical (unpaired) electrons. The van der Waals surface area contributed by atoms with Crippen molar-refractivity contribution in [1.29, 1.82) is 0 Å². The average Bonchev–Trinajstić information content (AvgIpc) is 3.14. The van der Waals surface area contributed by atoms with Crippen molar-refractivity contribution in [3.05, 3.63) is 42.0 Å². The zero-order valence-electron chi connectivity index (χ0n) is 18.7. The fourth-order valence-electron chi connectivity index (χ4n) is 3.81. The van der Waals surface area contributed by atoms with Gasteiger partial charge in [-0.2, -0.15) is 0 Å². The van der Waals surface area contributed by atoms with Crippen LogP contribution in [0.25, 0.3) is 11.1 Å². The van der Waals surface area contributed by atoms with Crippen molar-refractivity contribution >= 4 is 11.7 Å². The van der Waals surface area contributed by atoms with Gasteiger partial charge in [0, 0.05) is 62.1 Å². The number of hydrogen-bond donors (Lipinski definition) is 0. The Balaban J connectivity index is 1.30. The molecule has 1 atom stereocenters. The maximum Gasteiger partial charge on any atom is 0.225 e. The number of aromatic nitrogens is 2. The second-order valence-corrected chi connectivity index (χ2v) is 8.37. The van der Waals surface area contributed by atoms with E-state index in [1.54, 1.807) is 37.7 Å². The highest BCUT2D eigenvalue weighted by Gasteiger charge is 2.33. The van der Waals surface area contributed by atoms with Crippen LogP contribution in [0, 0.1) is 5.82 Å². The molecule has 0 N–H and O–H groups in total. The first-order valence-electron chi connectivity index (χ1n) is 10.8. The summed E-state index contributed by atoms with van der Waals surface area (Å²) in [6.07, 6.45) is 4.77. The number of methoxy groups -OCH3 is 1. The number of hydrogen-bond acceptors (Lipinski definition) is 8. The monoisotopic (exact) mass is 444 g/mol. The second kappa shape index (κ2) is 9.89. The molecule has 1 aromatic heterocycles. The molecule has 172 valence electrons.